The smallest absolute Gasteiger partial charge is 0.226 e. The average Bonchev–Trinajstić information content (AvgIpc) is 2.91. The van der Waals surface area contributed by atoms with Crippen LogP contribution in [0.25, 0.3) is 0 Å². The number of aryl methyl sites for hydroxylation is 2. The first-order chi connectivity index (χ1) is 8.31. The van der Waals surface area contributed by atoms with Crippen molar-refractivity contribution >= 4 is 11.6 Å². The molecule has 6 nitrogen and oxygen atoms in total. The normalized spacial score (nSPS) is 10.9. The molecule has 0 spiro atoms. The molecule has 2 aromatic heterocycles. The van der Waals surface area contributed by atoms with Crippen LogP contribution in [0.15, 0.2) is 10.7 Å². The third kappa shape index (κ3) is 3.26. The van der Waals surface area contributed by atoms with Gasteiger partial charge in [-0.05, 0) is 6.42 Å². The molecule has 2 aromatic rings. The van der Waals surface area contributed by atoms with Crippen LogP contribution in [0.5, 0.6) is 0 Å². The minimum absolute atomic E-state index is 0.475. The maximum absolute atomic E-state index is 5.63. The highest BCUT2D eigenvalue weighted by atomic mass is 35.5. The second kappa shape index (κ2) is 5.77. The highest BCUT2D eigenvalue weighted by molar-refractivity contribution is 6.17. The lowest BCUT2D eigenvalue weighted by Gasteiger charge is -1.92. The lowest BCUT2D eigenvalue weighted by atomic mass is 10.3. The highest BCUT2D eigenvalue weighted by Crippen LogP contribution is 2.03. The van der Waals surface area contributed by atoms with Gasteiger partial charge < -0.3 is 4.52 Å². The van der Waals surface area contributed by atoms with Crippen molar-refractivity contribution in [2.24, 2.45) is 0 Å². The standard InChI is InChI=1S/C10H14ClN5O/c1-2-3-10-12-9(14-17-10)7-16-6-8(4-5-11)13-15-16/h6H,2-5,7H2,1H3. The Labute approximate surface area is 104 Å². The fourth-order valence-electron chi connectivity index (χ4n) is 1.44. The predicted octanol–water partition coefficient (Wildman–Crippen LogP) is 1.44. The molecule has 0 aliphatic heterocycles. The van der Waals surface area contributed by atoms with Gasteiger partial charge in [-0.3, -0.25) is 0 Å². The number of alkyl halides is 1. The maximum Gasteiger partial charge on any atom is 0.226 e. The van der Waals surface area contributed by atoms with Crippen LogP contribution in [0.4, 0.5) is 0 Å². The molecule has 0 unspecified atom stereocenters. The third-order valence-electron chi connectivity index (χ3n) is 2.21. The van der Waals surface area contributed by atoms with Crippen LogP contribution < -0.4 is 0 Å². The Morgan fingerprint density at radius 3 is 3.06 bits per heavy atom. The first-order valence-electron chi connectivity index (χ1n) is 5.58. The van der Waals surface area contributed by atoms with Crippen LogP contribution in [0.1, 0.15) is 30.8 Å². The van der Waals surface area contributed by atoms with E-state index in [2.05, 4.69) is 27.4 Å². The molecule has 0 atom stereocenters. The van der Waals surface area contributed by atoms with Gasteiger partial charge in [0.15, 0.2) is 5.82 Å². The second-order valence-corrected chi connectivity index (χ2v) is 4.08. The molecule has 92 valence electrons. The van der Waals surface area contributed by atoms with Gasteiger partial charge in [0, 0.05) is 24.9 Å². The van der Waals surface area contributed by atoms with Crippen molar-refractivity contribution in [2.75, 3.05) is 5.88 Å². The van der Waals surface area contributed by atoms with Crippen molar-refractivity contribution in [2.45, 2.75) is 32.7 Å². The van der Waals surface area contributed by atoms with Crippen molar-refractivity contribution in [1.82, 2.24) is 25.1 Å². The Balaban J connectivity index is 1.98. The van der Waals surface area contributed by atoms with E-state index < -0.39 is 0 Å². The summed E-state index contributed by atoms with van der Waals surface area (Å²) in [5.74, 6) is 1.83. The largest absolute Gasteiger partial charge is 0.339 e. The van der Waals surface area contributed by atoms with E-state index in [1.54, 1.807) is 4.68 Å². The van der Waals surface area contributed by atoms with E-state index in [4.69, 9.17) is 16.1 Å². The van der Waals surface area contributed by atoms with Crippen molar-refractivity contribution in [3.05, 3.63) is 23.6 Å². The van der Waals surface area contributed by atoms with Crippen LogP contribution in [-0.2, 0) is 19.4 Å². The van der Waals surface area contributed by atoms with E-state index in [1.807, 2.05) is 6.20 Å². The number of nitrogens with zero attached hydrogens (tertiary/aromatic N) is 5. The summed E-state index contributed by atoms with van der Waals surface area (Å²) < 4.78 is 6.77. The monoisotopic (exact) mass is 255 g/mol. The third-order valence-corrected chi connectivity index (χ3v) is 2.40. The summed E-state index contributed by atoms with van der Waals surface area (Å²) in [7, 11) is 0. The van der Waals surface area contributed by atoms with E-state index >= 15 is 0 Å². The van der Waals surface area contributed by atoms with Gasteiger partial charge in [-0.1, -0.05) is 17.3 Å². The molecule has 0 aliphatic rings. The molecule has 0 aromatic carbocycles. The highest BCUT2D eigenvalue weighted by Gasteiger charge is 2.07. The Kier molecular flexibility index (Phi) is 4.08. The van der Waals surface area contributed by atoms with E-state index in [-0.39, 0.29) is 0 Å². The van der Waals surface area contributed by atoms with Crippen LogP contribution >= 0.6 is 11.6 Å². The van der Waals surface area contributed by atoms with E-state index in [0.29, 0.717) is 24.1 Å². The summed E-state index contributed by atoms with van der Waals surface area (Å²) in [6.45, 7) is 2.54. The van der Waals surface area contributed by atoms with Gasteiger partial charge in [-0.25, -0.2) is 4.68 Å². The summed E-state index contributed by atoms with van der Waals surface area (Å²) >= 11 is 5.63. The van der Waals surface area contributed by atoms with Crippen molar-refractivity contribution in [3.8, 4) is 0 Å². The van der Waals surface area contributed by atoms with Gasteiger partial charge in [0.05, 0.1) is 5.69 Å². The molecular formula is C10H14ClN5O. The summed E-state index contributed by atoms with van der Waals surface area (Å²) in [5, 5.41) is 11.8. The van der Waals surface area contributed by atoms with E-state index in [9.17, 15) is 0 Å². The maximum atomic E-state index is 5.63. The SMILES string of the molecule is CCCc1nc(Cn2cc(CCCl)nn2)no1. The van der Waals surface area contributed by atoms with Crippen molar-refractivity contribution in [3.63, 3.8) is 0 Å². The molecular weight excluding hydrogens is 242 g/mol. The summed E-state index contributed by atoms with van der Waals surface area (Å²) in [6, 6.07) is 0. The van der Waals surface area contributed by atoms with Crippen molar-refractivity contribution in [1.29, 1.82) is 0 Å². The molecule has 17 heavy (non-hydrogen) atoms. The molecule has 2 rings (SSSR count). The summed E-state index contributed by atoms with van der Waals surface area (Å²) in [6.07, 6.45) is 4.36. The van der Waals surface area contributed by atoms with Gasteiger partial charge in [-0.15, -0.1) is 16.7 Å². The van der Waals surface area contributed by atoms with Gasteiger partial charge in [-0.2, -0.15) is 4.98 Å². The second-order valence-electron chi connectivity index (χ2n) is 3.70. The Hall–Kier alpha value is -1.43. The zero-order valence-electron chi connectivity index (χ0n) is 9.64. The number of hydrogen-bond donors (Lipinski definition) is 0. The minimum atomic E-state index is 0.475. The molecule has 0 radical (unpaired) electrons. The lowest BCUT2D eigenvalue weighted by molar-refractivity contribution is 0.370. The minimum Gasteiger partial charge on any atom is -0.339 e. The molecule has 7 heteroatoms. The molecule has 0 fully saturated rings. The fourth-order valence-corrected chi connectivity index (χ4v) is 1.64. The molecule has 2 heterocycles. The van der Waals surface area contributed by atoms with Crippen LogP contribution in [0.3, 0.4) is 0 Å². The zero-order chi connectivity index (χ0) is 12.1. The molecule has 0 bridgehead atoms. The quantitative estimate of drug-likeness (QED) is 0.731. The van der Waals surface area contributed by atoms with Gasteiger partial charge in [0.2, 0.25) is 5.89 Å². The zero-order valence-corrected chi connectivity index (χ0v) is 10.4. The van der Waals surface area contributed by atoms with E-state index in [0.717, 1.165) is 25.0 Å². The molecule has 0 aliphatic carbocycles. The first-order valence-corrected chi connectivity index (χ1v) is 6.11. The van der Waals surface area contributed by atoms with Gasteiger partial charge >= 0.3 is 0 Å². The topological polar surface area (TPSA) is 69.6 Å². The molecule has 0 saturated heterocycles. The number of hydrogen-bond acceptors (Lipinski definition) is 5. The number of halogens is 1. The Morgan fingerprint density at radius 1 is 1.41 bits per heavy atom. The first kappa shape index (κ1) is 12.0. The Bertz CT molecular complexity index is 424. The van der Waals surface area contributed by atoms with Crippen LogP contribution in [0, 0.1) is 0 Å². The van der Waals surface area contributed by atoms with Gasteiger partial charge in [0.25, 0.3) is 0 Å². The number of rotatable bonds is 6. The summed E-state index contributed by atoms with van der Waals surface area (Å²) in [4.78, 5) is 4.26. The Morgan fingerprint density at radius 2 is 2.29 bits per heavy atom. The molecule has 0 N–H and O–H groups in total. The van der Waals surface area contributed by atoms with Crippen LogP contribution in [-0.4, -0.2) is 31.0 Å². The average molecular weight is 256 g/mol. The predicted molar refractivity (Wildman–Crippen MR) is 61.8 cm³/mol. The van der Waals surface area contributed by atoms with Crippen LogP contribution in [0.2, 0.25) is 0 Å². The lowest BCUT2D eigenvalue weighted by Crippen LogP contribution is -2.02. The fraction of sp³-hybridized carbons (Fsp3) is 0.600. The van der Waals surface area contributed by atoms with Gasteiger partial charge in [0.1, 0.15) is 6.54 Å². The molecule has 0 amide bonds. The number of aromatic nitrogens is 5. The summed E-state index contributed by atoms with van der Waals surface area (Å²) in [5.41, 5.74) is 0.872. The molecule has 0 saturated carbocycles. The van der Waals surface area contributed by atoms with E-state index in [1.165, 1.54) is 0 Å². The van der Waals surface area contributed by atoms with Crippen molar-refractivity contribution < 1.29 is 4.52 Å².